The molecule has 0 aliphatic carbocycles. The number of furan rings is 2. The lowest BCUT2D eigenvalue weighted by atomic mass is 10.4. The molecule has 34 heavy (non-hydrogen) atoms. The highest BCUT2D eigenvalue weighted by Crippen LogP contribution is 2.24. The summed E-state index contributed by atoms with van der Waals surface area (Å²) in [6.07, 6.45) is 0. The van der Waals surface area contributed by atoms with E-state index in [1.807, 2.05) is 56.4 Å². The van der Waals surface area contributed by atoms with Gasteiger partial charge >= 0.3 is 0 Å². The Morgan fingerprint density at radius 3 is 1.91 bits per heavy atom. The van der Waals surface area contributed by atoms with Gasteiger partial charge in [0.1, 0.15) is 33.5 Å². The molecule has 6 heterocycles. The van der Waals surface area contributed by atoms with Gasteiger partial charge in [-0.1, -0.05) is 23.2 Å². The standard InChI is InChI=1S/2C11H9ClN4O/c1-6-3-4-8(17-6)11-13-9(12)5-10-15-14-7(2)16(10)11;1-6-3-4-8(17-6)11-14-9(12)5-10-13-7(2)15-16(10)11/h2*3-5H,1-2H3. The van der Waals surface area contributed by atoms with E-state index in [0.717, 1.165) is 17.3 Å². The Morgan fingerprint density at radius 1 is 0.706 bits per heavy atom. The maximum atomic E-state index is 5.96. The van der Waals surface area contributed by atoms with E-state index < -0.39 is 0 Å². The van der Waals surface area contributed by atoms with Gasteiger partial charge in [-0.2, -0.15) is 4.52 Å². The molecule has 6 aromatic heterocycles. The molecule has 0 spiro atoms. The number of aryl methyl sites for hydroxylation is 4. The maximum Gasteiger partial charge on any atom is 0.200 e. The van der Waals surface area contributed by atoms with Crippen molar-refractivity contribution in [1.29, 1.82) is 0 Å². The summed E-state index contributed by atoms with van der Waals surface area (Å²) in [6, 6.07) is 10.8. The van der Waals surface area contributed by atoms with Crippen molar-refractivity contribution < 1.29 is 8.83 Å². The fourth-order valence-corrected chi connectivity index (χ4v) is 3.78. The van der Waals surface area contributed by atoms with Gasteiger partial charge in [-0.25, -0.2) is 15.0 Å². The fourth-order valence-electron chi connectivity index (χ4n) is 3.43. The van der Waals surface area contributed by atoms with E-state index in [9.17, 15) is 0 Å². The lowest BCUT2D eigenvalue weighted by Crippen LogP contribution is -1.97. The Balaban J connectivity index is 0.000000142. The quantitative estimate of drug-likeness (QED) is 0.296. The molecule has 12 heteroatoms. The average Bonchev–Trinajstić information content (AvgIpc) is 3.55. The summed E-state index contributed by atoms with van der Waals surface area (Å²) in [6.45, 7) is 7.43. The minimum Gasteiger partial charge on any atom is -0.458 e. The van der Waals surface area contributed by atoms with E-state index in [1.54, 1.807) is 16.6 Å². The van der Waals surface area contributed by atoms with E-state index >= 15 is 0 Å². The van der Waals surface area contributed by atoms with Crippen LogP contribution in [0.15, 0.2) is 45.2 Å². The van der Waals surface area contributed by atoms with Gasteiger partial charge in [-0.05, 0) is 52.0 Å². The van der Waals surface area contributed by atoms with Crippen LogP contribution in [0.3, 0.4) is 0 Å². The van der Waals surface area contributed by atoms with Gasteiger partial charge in [-0.3, -0.25) is 4.40 Å². The summed E-state index contributed by atoms with van der Waals surface area (Å²) in [5.74, 6) is 5.49. The first-order valence-electron chi connectivity index (χ1n) is 10.2. The lowest BCUT2D eigenvalue weighted by Gasteiger charge is -2.02. The molecule has 6 rings (SSSR count). The van der Waals surface area contributed by atoms with Crippen LogP contribution in [0.25, 0.3) is 34.5 Å². The highest BCUT2D eigenvalue weighted by molar-refractivity contribution is 6.30. The summed E-state index contributed by atoms with van der Waals surface area (Å²) in [7, 11) is 0. The summed E-state index contributed by atoms with van der Waals surface area (Å²) < 4.78 is 14.5. The molecule has 0 fully saturated rings. The first-order valence-corrected chi connectivity index (χ1v) is 11.0. The van der Waals surface area contributed by atoms with Gasteiger partial charge < -0.3 is 8.83 Å². The molecule has 0 saturated carbocycles. The molecule has 0 bridgehead atoms. The first-order chi connectivity index (χ1) is 16.3. The zero-order valence-electron chi connectivity index (χ0n) is 18.6. The lowest BCUT2D eigenvalue weighted by molar-refractivity contribution is 0.541. The van der Waals surface area contributed by atoms with Crippen LogP contribution in [-0.2, 0) is 0 Å². The number of fused-ring (bicyclic) bond motifs is 2. The molecule has 0 aromatic carbocycles. The maximum absolute atomic E-state index is 5.96. The summed E-state index contributed by atoms with van der Waals surface area (Å²) in [4.78, 5) is 12.8. The average molecular weight is 497 g/mol. The zero-order valence-corrected chi connectivity index (χ0v) is 20.1. The highest BCUT2D eigenvalue weighted by atomic mass is 35.5. The van der Waals surface area contributed by atoms with Crippen LogP contribution in [0.4, 0.5) is 0 Å². The van der Waals surface area contributed by atoms with Gasteiger partial charge in [0.05, 0.1) is 0 Å². The molecular formula is C22H18Cl2N8O2. The van der Waals surface area contributed by atoms with Crippen LogP contribution in [-0.4, -0.2) is 39.2 Å². The molecule has 0 aliphatic heterocycles. The number of hydrogen-bond acceptors (Lipinski definition) is 8. The number of hydrogen-bond donors (Lipinski definition) is 0. The van der Waals surface area contributed by atoms with Crippen molar-refractivity contribution in [1.82, 2.24) is 39.2 Å². The molecule has 10 nitrogen and oxygen atoms in total. The van der Waals surface area contributed by atoms with Crippen molar-refractivity contribution in [3.05, 3.63) is 69.9 Å². The van der Waals surface area contributed by atoms with Gasteiger partial charge in [0.25, 0.3) is 0 Å². The van der Waals surface area contributed by atoms with Crippen LogP contribution in [0.2, 0.25) is 10.3 Å². The van der Waals surface area contributed by atoms with Crippen molar-refractivity contribution in [3.8, 4) is 23.2 Å². The third-order valence-electron chi connectivity index (χ3n) is 4.84. The Labute approximate surface area is 203 Å². The Kier molecular flexibility index (Phi) is 5.54. The summed E-state index contributed by atoms with van der Waals surface area (Å²) in [5, 5.41) is 13.0. The normalized spacial score (nSPS) is 11.2. The van der Waals surface area contributed by atoms with Crippen LogP contribution in [0.5, 0.6) is 0 Å². The van der Waals surface area contributed by atoms with Crippen LogP contribution in [0.1, 0.15) is 23.2 Å². The second kappa shape index (κ2) is 8.54. The Bertz CT molecular complexity index is 1640. The molecule has 0 unspecified atom stereocenters. The molecule has 0 aliphatic rings. The highest BCUT2D eigenvalue weighted by Gasteiger charge is 2.15. The third kappa shape index (κ3) is 4.13. The smallest absolute Gasteiger partial charge is 0.200 e. The van der Waals surface area contributed by atoms with Crippen LogP contribution >= 0.6 is 23.2 Å². The first kappa shape index (κ1) is 22.1. The molecule has 172 valence electrons. The molecule has 0 saturated heterocycles. The number of nitrogens with zero attached hydrogens (tertiary/aromatic N) is 8. The monoisotopic (exact) mass is 496 g/mol. The summed E-state index contributed by atoms with van der Waals surface area (Å²) >= 11 is 11.9. The van der Waals surface area contributed by atoms with Crippen molar-refractivity contribution in [2.24, 2.45) is 0 Å². The SMILES string of the molecule is Cc1ccc(-c2nc(Cl)cc3nnc(C)n23)o1.Cc1nc2cc(Cl)nc(-c3ccc(C)o3)n2n1. The zero-order chi connectivity index (χ0) is 24.0. The number of rotatable bonds is 2. The predicted molar refractivity (Wildman–Crippen MR) is 126 cm³/mol. The molecule has 0 atom stereocenters. The third-order valence-corrected chi connectivity index (χ3v) is 5.23. The van der Waals surface area contributed by atoms with Gasteiger partial charge in [0, 0.05) is 12.1 Å². The molecule has 0 amide bonds. The van der Waals surface area contributed by atoms with Gasteiger partial charge in [-0.15, -0.1) is 15.3 Å². The van der Waals surface area contributed by atoms with Crippen LogP contribution in [0, 0.1) is 27.7 Å². The largest absolute Gasteiger partial charge is 0.458 e. The second-order valence-electron chi connectivity index (χ2n) is 7.50. The van der Waals surface area contributed by atoms with Gasteiger partial charge in [0.2, 0.25) is 0 Å². The van der Waals surface area contributed by atoms with Crippen molar-refractivity contribution in [2.75, 3.05) is 0 Å². The Hall–Kier alpha value is -3.76. The molecule has 0 N–H and O–H groups in total. The van der Waals surface area contributed by atoms with E-state index in [0.29, 0.717) is 50.6 Å². The van der Waals surface area contributed by atoms with Crippen molar-refractivity contribution in [3.63, 3.8) is 0 Å². The van der Waals surface area contributed by atoms with E-state index in [1.165, 1.54) is 0 Å². The minimum atomic E-state index is 0.369. The van der Waals surface area contributed by atoms with Crippen LogP contribution < -0.4 is 0 Å². The molecular weight excluding hydrogens is 479 g/mol. The Morgan fingerprint density at radius 2 is 1.29 bits per heavy atom. The molecule has 6 aromatic rings. The van der Waals surface area contributed by atoms with E-state index in [4.69, 9.17) is 32.0 Å². The number of aromatic nitrogens is 8. The summed E-state index contributed by atoms with van der Waals surface area (Å²) in [5.41, 5.74) is 1.32. The fraction of sp³-hybridized carbons (Fsp3) is 0.182. The second-order valence-corrected chi connectivity index (χ2v) is 8.27. The van der Waals surface area contributed by atoms with E-state index in [2.05, 4.69) is 30.2 Å². The molecule has 0 radical (unpaired) electrons. The number of halogens is 2. The minimum absolute atomic E-state index is 0.369. The van der Waals surface area contributed by atoms with Crippen molar-refractivity contribution >= 4 is 34.5 Å². The topological polar surface area (TPSA) is 112 Å². The van der Waals surface area contributed by atoms with Gasteiger partial charge in [0.15, 0.2) is 34.5 Å². The predicted octanol–water partition coefficient (Wildman–Crippen LogP) is 5.31. The van der Waals surface area contributed by atoms with E-state index in [-0.39, 0.29) is 0 Å². The van der Waals surface area contributed by atoms with Crippen molar-refractivity contribution in [2.45, 2.75) is 27.7 Å².